The van der Waals surface area contributed by atoms with Crippen LogP contribution >= 0.6 is 11.3 Å². The SMILES string of the molecule is CCOC(=O)C1=C(C)N=c2sc(=Cc3cn(CC(=O)OC)c4ccccc34)c(=O)n2C1c1ccc(OC(C)C)c(OC)c1. The Balaban J connectivity index is 1.71. The highest BCUT2D eigenvalue weighted by molar-refractivity contribution is 7.07. The summed E-state index contributed by atoms with van der Waals surface area (Å²) in [5, 5.41) is 0.877. The second-order valence-electron chi connectivity index (χ2n) is 10.2. The van der Waals surface area contributed by atoms with Crippen LogP contribution in [0.5, 0.6) is 11.5 Å². The van der Waals surface area contributed by atoms with Crippen molar-refractivity contribution in [2.45, 2.75) is 46.4 Å². The van der Waals surface area contributed by atoms with Crippen LogP contribution in [0.2, 0.25) is 0 Å². The van der Waals surface area contributed by atoms with Crippen LogP contribution in [0.15, 0.2) is 69.7 Å². The molecular formula is C32H33N3O7S. The molecule has 224 valence electrons. The highest BCUT2D eigenvalue weighted by Gasteiger charge is 2.34. The van der Waals surface area contributed by atoms with Gasteiger partial charge in [-0.15, -0.1) is 0 Å². The fourth-order valence-electron chi connectivity index (χ4n) is 5.18. The zero-order valence-electron chi connectivity index (χ0n) is 24.9. The molecule has 5 rings (SSSR count). The number of para-hydroxylation sites is 1. The van der Waals surface area contributed by atoms with Gasteiger partial charge in [-0.3, -0.25) is 14.2 Å². The number of carbonyl (C=O) groups is 2. The van der Waals surface area contributed by atoms with Gasteiger partial charge in [-0.1, -0.05) is 35.6 Å². The Morgan fingerprint density at radius 3 is 2.58 bits per heavy atom. The molecule has 0 aliphatic carbocycles. The highest BCUT2D eigenvalue weighted by atomic mass is 32.1. The molecule has 1 aliphatic rings. The number of fused-ring (bicyclic) bond motifs is 2. The maximum Gasteiger partial charge on any atom is 0.338 e. The molecule has 10 nitrogen and oxygen atoms in total. The van der Waals surface area contributed by atoms with Gasteiger partial charge in [0, 0.05) is 22.7 Å². The van der Waals surface area contributed by atoms with E-state index in [1.807, 2.05) is 50.4 Å². The van der Waals surface area contributed by atoms with Crippen molar-refractivity contribution in [2.75, 3.05) is 20.8 Å². The number of nitrogens with zero attached hydrogens (tertiary/aromatic N) is 3. The predicted octanol–water partition coefficient (Wildman–Crippen LogP) is 3.72. The Morgan fingerprint density at radius 1 is 1.12 bits per heavy atom. The Kier molecular flexibility index (Phi) is 8.54. The molecule has 4 aromatic rings. The number of methoxy groups -OCH3 is 2. The lowest BCUT2D eigenvalue weighted by Gasteiger charge is -2.25. The fourth-order valence-corrected chi connectivity index (χ4v) is 6.22. The molecule has 0 N–H and O–H groups in total. The second-order valence-corrected chi connectivity index (χ2v) is 11.2. The summed E-state index contributed by atoms with van der Waals surface area (Å²) in [7, 11) is 2.89. The normalized spacial score (nSPS) is 15.0. The average molecular weight is 604 g/mol. The first-order valence-electron chi connectivity index (χ1n) is 13.9. The molecule has 0 radical (unpaired) electrons. The maximum atomic E-state index is 14.1. The van der Waals surface area contributed by atoms with Gasteiger partial charge in [0.05, 0.1) is 48.8 Å². The van der Waals surface area contributed by atoms with E-state index in [0.29, 0.717) is 32.1 Å². The van der Waals surface area contributed by atoms with Crippen LogP contribution in [0.25, 0.3) is 17.0 Å². The van der Waals surface area contributed by atoms with Crippen molar-refractivity contribution in [3.8, 4) is 11.5 Å². The van der Waals surface area contributed by atoms with Gasteiger partial charge in [-0.05, 0) is 57.5 Å². The Labute approximate surface area is 252 Å². The summed E-state index contributed by atoms with van der Waals surface area (Å²) in [5.74, 6) is 0.101. The number of carbonyl (C=O) groups excluding carboxylic acids is 2. The van der Waals surface area contributed by atoms with Gasteiger partial charge in [0.15, 0.2) is 16.3 Å². The number of esters is 2. The molecule has 11 heteroatoms. The topological polar surface area (TPSA) is 110 Å². The van der Waals surface area contributed by atoms with E-state index in [4.69, 9.17) is 18.9 Å². The minimum Gasteiger partial charge on any atom is -0.493 e. The molecule has 3 heterocycles. The molecule has 0 bridgehead atoms. The third kappa shape index (κ3) is 5.72. The van der Waals surface area contributed by atoms with Crippen molar-refractivity contribution >= 4 is 40.3 Å². The van der Waals surface area contributed by atoms with Crippen molar-refractivity contribution in [3.63, 3.8) is 0 Å². The molecule has 0 amide bonds. The molecule has 1 aliphatic heterocycles. The van der Waals surface area contributed by atoms with Crippen LogP contribution in [-0.2, 0) is 25.6 Å². The lowest BCUT2D eigenvalue weighted by Crippen LogP contribution is -2.40. The standard InChI is InChI=1S/C32H33N3O7S/c1-7-41-31(38)28-19(4)33-32-35(29(28)20-12-13-24(42-18(2)3)25(14-20)39-5)30(37)26(43-32)15-21-16-34(17-27(36)40-6)23-11-9-8-10-22(21)23/h8-16,18,29H,7,17H2,1-6H3. The van der Waals surface area contributed by atoms with Crippen LogP contribution in [0.4, 0.5) is 0 Å². The molecule has 0 fully saturated rings. The molecule has 2 aromatic carbocycles. The van der Waals surface area contributed by atoms with Gasteiger partial charge in [-0.2, -0.15) is 0 Å². The van der Waals surface area contributed by atoms with Crippen molar-refractivity contribution in [1.29, 1.82) is 0 Å². The van der Waals surface area contributed by atoms with Gasteiger partial charge < -0.3 is 23.5 Å². The first-order valence-corrected chi connectivity index (χ1v) is 14.7. The zero-order chi connectivity index (χ0) is 30.8. The summed E-state index contributed by atoms with van der Waals surface area (Å²) in [6, 6.07) is 12.2. The van der Waals surface area contributed by atoms with E-state index in [9.17, 15) is 14.4 Å². The third-order valence-corrected chi connectivity index (χ3v) is 8.00. The minimum absolute atomic E-state index is 0.0343. The summed E-state index contributed by atoms with van der Waals surface area (Å²) >= 11 is 1.23. The van der Waals surface area contributed by atoms with E-state index in [0.717, 1.165) is 16.5 Å². The Bertz CT molecular complexity index is 1930. The maximum absolute atomic E-state index is 14.1. The van der Waals surface area contributed by atoms with E-state index in [-0.39, 0.29) is 36.4 Å². The number of hydrogen-bond acceptors (Lipinski definition) is 9. The van der Waals surface area contributed by atoms with Gasteiger partial charge in [0.25, 0.3) is 5.56 Å². The number of thiazole rings is 1. The van der Waals surface area contributed by atoms with Crippen LogP contribution < -0.4 is 24.4 Å². The number of aromatic nitrogens is 2. The molecular weight excluding hydrogens is 570 g/mol. The van der Waals surface area contributed by atoms with Crippen LogP contribution in [0.1, 0.15) is 44.9 Å². The quantitative estimate of drug-likeness (QED) is 0.268. The number of ether oxygens (including phenoxy) is 4. The van der Waals surface area contributed by atoms with Gasteiger partial charge in [0.1, 0.15) is 6.54 Å². The lowest BCUT2D eigenvalue weighted by atomic mass is 9.95. The second kappa shape index (κ2) is 12.3. The largest absolute Gasteiger partial charge is 0.493 e. The Morgan fingerprint density at radius 2 is 1.88 bits per heavy atom. The van der Waals surface area contributed by atoms with E-state index in [1.165, 1.54) is 23.0 Å². The highest BCUT2D eigenvalue weighted by Crippen LogP contribution is 2.36. The van der Waals surface area contributed by atoms with Gasteiger partial charge >= 0.3 is 11.9 Å². The van der Waals surface area contributed by atoms with Crippen molar-refractivity contribution < 1.29 is 28.5 Å². The van der Waals surface area contributed by atoms with Gasteiger partial charge in [0.2, 0.25) is 0 Å². The minimum atomic E-state index is -0.805. The van der Waals surface area contributed by atoms with Gasteiger partial charge in [-0.25, -0.2) is 9.79 Å². The zero-order valence-corrected chi connectivity index (χ0v) is 25.7. The lowest BCUT2D eigenvalue weighted by molar-refractivity contribution is -0.141. The molecule has 2 aromatic heterocycles. The fraction of sp³-hybridized carbons (Fsp3) is 0.312. The molecule has 43 heavy (non-hydrogen) atoms. The summed E-state index contributed by atoms with van der Waals surface area (Å²) in [6.45, 7) is 7.52. The number of benzene rings is 2. The molecule has 0 saturated heterocycles. The van der Waals surface area contributed by atoms with E-state index >= 15 is 0 Å². The van der Waals surface area contributed by atoms with Crippen LogP contribution in [0.3, 0.4) is 0 Å². The number of hydrogen-bond donors (Lipinski definition) is 0. The smallest absolute Gasteiger partial charge is 0.338 e. The van der Waals surface area contributed by atoms with Crippen molar-refractivity contribution in [2.24, 2.45) is 4.99 Å². The third-order valence-electron chi connectivity index (χ3n) is 7.02. The average Bonchev–Trinajstić information content (AvgIpc) is 3.48. The monoisotopic (exact) mass is 603 g/mol. The van der Waals surface area contributed by atoms with E-state index < -0.39 is 12.0 Å². The first-order chi connectivity index (χ1) is 20.7. The summed E-state index contributed by atoms with van der Waals surface area (Å²) < 4.78 is 25.5. The number of allylic oxidation sites excluding steroid dienone is 1. The van der Waals surface area contributed by atoms with E-state index in [2.05, 4.69) is 4.99 Å². The summed E-state index contributed by atoms with van der Waals surface area (Å²) in [4.78, 5) is 44.6. The molecule has 0 saturated carbocycles. The molecule has 1 unspecified atom stereocenters. The molecule has 1 atom stereocenters. The summed E-state index contributed by atoms with van der Waals surface area (Å²) in [6.07, 6.45) is 3.54. The predicted molar refractivity (Wildman–Crippen MR) is 163 cm³/mol. The number of rotatable bonds is 9. The van der Waals surface area contributed by atoms with E-state index in [1.54, 1.807) is 43.7 Å². The first kappa shape index (κ1) is 29.8. The summed E-state index contributed by atoms with van der Waals surface area (Å²) in [5.41, 5.74) is 2.67. The van der Waals surface area contributed by atoms with Crippen molar-refractivity contribution in [1.82, 2.24) is 9.13 Å². The van der Waals surface area contributed by atoms with Crippen molar-refractivity contribution in [3.05, 3.63) is 90.7 Å². The van der Waals surface area contributed by atoms with Crippen LogP contribution in [0, 0.1) is 0 Å². The molecule has 0 spiro atoms. The Hall–Kier alpha value is -4.64. The van der Waals surface area contributed by atoms with Crippen LogP contribution in [-0.4, -0.2) is 48.0 Å².